The number of allylic oxidation sites excluding steroid dienone is 4. The molecule has 0 radical (unpaired) electrons. The second-order valence-corrected chi connectivity index (χ2v) is 20.1. The van der Waals surface area contributed by atoms with Gasteiger partial charge in [-0.1, -0.05) is 44.6 Å². The predicted molar refractivity (Wildman–Crippen MR) is 255 cm³/mol. The Morgan fingerprint density at radius 2 is 1.68 bits per heavy atom. The van der Waals surface area contributed by atoms with Crippen LogP contribution in [-0.4, -0.2) is 135 Å². The number of amides is 1. The first-order valence-corrected chi connectivity index (χ1v) is 24.7. The molecule has 15 heteroatoms. The van der Waals surface area contributed by atoms with Crippen LogP contribution < -0.4 is 4.74 Å². The van der Waals surface area contributed by atoms with Crippen LogP contribution >= 0.6 is 0 Å². The fourth-order valence-electron chi connectivity index (χ4n) is 11.0. The molecule has 1 aromatic heterocycles. The molecule has 68 heavy (non-hydrogen) atoms. The normalized spacial score (nSPS) is 36.3. The molecule has 2 saturated heterocycles. The Labute approximate surface area is 401 Å². The number of carbonyl (C=O) groups excluding carboxylic acids is 4. The summed E-state index contributed by atoms with van der Waals surface area (Å²) in [4.78, 5) is 58.5. The van der Waals surface area contributed by atoms with E-state index in [1.54, 1.807) is 26.8 Å². The molecular formula is C53H76N2O13. The summed E-state index contributed by atoms with van der Waals surface area (Å²) in [5.74, 6) is -7.49. The molecule has 15 nitrogen and oxygen atoms in total. The number of piperidine rings is 1. The van der Waals surface area contributed by atoms with Crippen LogP contribution in [0.5, 0.6) is 5.75 Å². The Bertz CT molecular complexity index is 2150. The molecule has 3 aliphatic heterocycles. The van der Waals surface area contributed by atoms with Crippen LogP contribution in [0, 0.1) is 29.6 Å². The van der Waals surface area contributed by atoms with Crippen molar-refractivity contribution in [2.75, 3.05) is 27.4 Å². The monoisotopic (exact) mass is 949 g/mol. The van der Waals surface area contributed by atoms with E-state index >= 15 is 0 Å². The third-order valence-corrected chi connectivity index (χ3v) is 14.9. The number of Topliss-reactive ketones (excluding diaryl/α,β-unsaturated/α-hetero) is 2. The lowest BCUT2D eigenvalue weighted by molar-refractivity contribution is -0.302. The summed E-state index contributed by atoms with van der Waals surface area (Å²) in [5.41, 5.74) is 2.52. The molecule has 4 N–H and O–H groups in total. The van der Waals surface area contributed by atoms with Crippen molar-refractivity contribution in [3.05, 3.63) is 66.4 Å². The van der Waals surface area contributed by atoms with Crippen molar-refractivity contribution in [1.82, 2.24) is 9.47 Å². The number of carbonyl (C=O) groups is 4. The van der Waals surface area contributed by atoms with Crippen LogP contribution in [0.25, 0.3) is 10.9 Å². The average molecular weight is 949 g/mol. The summed E-state index contributed by atoms with van der Waals surface area (Å²) >= 11 is 0. The first kappa shape index (κ1) is 53.1. The number of benzene rings is 1. The number of methoxy groups -OCH3 is 2. The van der Waals surface area contributed by atoms with Crippen LogP contribution in [-0.2, 0) is 44.7 Å². The zero-order valence-electron chi connectivity index (χ0n) is 41.1. The summed E-state index contributed by atoms with van der Waals surface area (Å²) < 4.78 is 32.7. The number of cyclic esters (lactones) is 1. The highest BCUT2D eigenvalue weighted by Gasteiger charge is 2.56. The number of aromatic nitrogens is 1. The number of nitrogens with zero attached hydrogens (tertiary/aromatic N) is 2. The smallest absolute Gasteiger partial charge is 0.329 e. The number of aliphatic hydroxyl groups excluding tert-OH is 3. The van der Waals surface area contributed by atoms with Crippen LogP contribution in [0.4, 0.5) is 0 Å². The molecule has 14 unspecified atom stereocenters. The van der Waals surface area contributed by atoms with Crippen LogP contribution in [0.15, 0.2) is 66.4 Å². The van der Waals surface area contributed by atoms with E-state index in [9.17, 15) is 39.6 Å². The Balaban J connectivity index is 1.29. The van der Waals surface area contributed by atoms with Gasteiger partial charge < -0.3 is 53.6 Å². The van der Waals surface area contributed by atoms with Crippen molar-refractivity contribution in [2.45, 2.75) is 166 Å². The van der Waals surface area contributed by atoms with Gasteiger partial charge in [-0.3, -0.25) is 14.4 Å². The van der Waals surface area contributed by atoms with Gasteiger partial charge in [0.2, 0.25) is 5.79 Å². The third kappa shape index (κ3) is 12.2. The van der Waals surface area contributed by atoms with Crippen LogP contribution in [0.2, 0.25) is 0 Å². The van der Waals surface area contributed by atoms with Gasteiger partial charge in [0.05, 0.1) is 31.0 Å². The van der Waals surface area contributed by atoms with E-state index in [2.05, 4.69) is 6.58 Å². The number of rotatable bonds is 10. The number of ether oxygens (including phenoxy) is 5. The van der Waals surface area contributed by atoms with Gasteiger partial charge in [0.25, 0.3) is 11.7 Å². The zero-order chi connectivity index (χ0) is 49.4. The molecule has 6 rings (SSSR count). The standard InChI is InChI=1S/C53H76N2O13/c1-9-12-38-24-31(2)23-32(3)25-46(64-7)49-47(65-8)27-34(5)53(63,68-49)50(60)51(61)55-19-11-10-13-41(55)52(62)67-48(35(6)42(57)30-43(38)58)33(4)26-36-14-17-45(44(59)28-36)66-39-15-16-40-37(29-39)18-20-54(40)21-22-56/h9,15-16,18,20,24,26,29,32,34-36,38,41-42,44-49,56-57,59,63H,1,10-14,17,19,21-23,25,27-28,30H2,2-8H3/b31-24+,33-26?. The lowest BCUT2D eigenvalue weighted by atomic mass is 9.81. The van der Waals surface area contributed by atoms with E-state index in [0.717, 1.165) is 16.5 Å². The van der Waals surface area contributed by atoms with E-state index in [4.69, 9.17) is 23.7 Å². The molecule has 0 spiro atoms. The van der Waals surface area contributed by atoms with Gasteiger partial charge >= 0.3 is 5.97 Å². The van der Waals surface area contributed by atoms with E-state index in [-0.39, 0.29) is 50.0 Å². The van der Waals surface area contributed by atoms with Gasteiger partial charge in [-0.2, -0.15) is 0 Å². The van der Waals surface area contributed by atoms with Crippen molar-refractivity contribution in [3.63, 3.8) is 0 Å². The number of hydrogen-bond donors (Lipinski definition) is 4. The highest BCUT2D eigenvalue weighted by Crippen LogP contribution is 2.40. The molecule has 2 aromatic rings. The number of ketones is 2. The Morgan fingerprint density at radius 3 is 2.37 bits per heavy atom. The summed E-state index contributed by atoms with van der Waals surface area (Å²) in [7, 11) is 3.05. The quantitative estimate of drug-likeness (QED) is 0.123. The number of aliphatic hydroxyl groups is 4. The van der Waals surface area contributed by atoms with Gasteiger partial charge in [-0.25, -0.2) is 4.79 Å². The summed E-state index contributed by atoms with van der Waals surface area (Å²) in [6.07, 6.45) is 5.93. The second-order valence-electron chi connectivity index (χ2n) is 20.1. The van der Waals surface area contributed by atoms with Gasteiger partial charge in [0.15, 0.2) is 0 Å². The van der Waals surface area contributed by atoms with Crippen molar-refractivity contribution < 1.29 is 63.3 Å². The molecular weight excluding hydrogens is 873 g/mol. The predicted octanol–water partition coefficient (Wildman–Crippen LogP) is 6.02. The largest absolute Gasteiger partial charge is 0.488 e. The SMILES string of the molecule is C=CCC1/C=C(\C)CC(C)CC(OC)C2OC(O)(C(=O)C(=O)N3CCCCC3C(=O)OC(C(C)=CC3CCC(Oc4ccc5c(ccn5CCO)c4)C(O)C3)C(C)C(O)CC1=O)C(C)CC2OC. The molecule has 1 aliphatic carbocycles. The molecule has 1 aromatic carbocycles. The van der Waals surface area contributed by atoms with E-state index in [0.29, 0.717) is 69.2 Å². The van der Waals surface area contributed by atoms with Gasteiger partial charge in [-0.15, -0.1) is 6.58 Å². The van der Waals surface area contributed by atoms with Crippen LogP contribution in [0.3, 0.4) is 0 Å². The minimum absolute atomic E-state index is 0.00924. The Kier molecular flexibility index (Phi) is 18.4. The van der Waals surface area contributed by atoms with E-state index < -0.39 is 90.0 Å². The van der Waals surface area contributed by atoms with Crippen molar-refractivity contribution in [2.24, 2.45) is 29.6 Å². The van der Waals surface area contributed by atoms with Crippen molar-refractivity contribution >= 4 is 34.3 Å². The molecule has 1 amide bonds. The average Bonchev–Trinajstić information content (AvgIpc) is 3.71. The Morgan fingerprint density at radius 1 is 0.941 bits per heavy atom. The first-order chi connectivity index (χ1) is 32.4. The van der Waals surface area contributed by atoms with Crippen molar-refractivity contribution in [3.8, 4) is 5.75 Å². The molecule has 4 heterocycles. The molecule has 3 fully saturated rings. The van der Waals surface area contributed by atoms with Crippen molar-refractivity contribution in [1.29, 1.82) is 0 Å². The topological polar surface area (TPSA) is 204 Å². The Hall–Kier alpha value is -4.22. The summed E-state index contributed by atoms with van der Waals surface area (Å²) in [6, 6.07) is 6.49. The summed E-state index contributed by atoms with van der Waals surface area (Å²) in [5, 5.41) is 45.8. The molecule has 1 saturated carbocycles. The number of fused-ring (bicyclic) bond motifs is 4. The first-order valence-electron chi connectivity index (χ1n) is 24.7. The maximum Gasteiger partial charge on any atom is 0.329 e. The molecule has 4 aliphatic rings. The third-order valence-electron chi connectivity index (χ3n) is 14.9. The molecule has 376 valence electrons. The fraction of sp³-hybridized carbons (Fsp3) is 0.660. The van der Waals surface area contributed by atoms with E-state index in [1.165, 1.54) is 19.1 Å². The lowest BCUT2D eigenvalue weighted by Gasteiger charge is -2.47. The highest BCUT2D eigenvalue weighted by molar-refractivity contribution is 6.39. The van der Waals surface area contributed by atoms with Gasteiger partial charge in [0, 0.05) is 68.6 Å². The van der Waals surface area contributed by atoms with Crippen LogP contribution in [0.1, 0.15) is 105 Å². The lowest BCUT2D eigenvalue weighted by Crippen LogP contribution is -2.64. The minimum Gasteiger partial charge on any atom is -0.488 e. The maximum absolute atomic E-state index is 14.5. The second kappa shape index (κ2) is 23.6. The maximum atomic E-state index is 14.5. The number of hydrogen-bond acceptors (Lipinski definition) is 13. The van der Waals surface area contributed by atoms with Gasteiger partial charge in [0.1, 0.15) is 35.9 Å². The molecule has 2 bridgehead atoms. The number of esters is 1. The zero-order valence-corrected chi connectivity index (χ0v) is 41.1. The molecule has 14 atom stereocenters. The highest BCUT2D eigenvalue weighted by atomic mass is 16.7. The summed E-state index contributed by atoms with van der Waals surface area (Å²) in [6.45, 7) is 13.6. The van der Waals surface area contributed by atoms with Gasteiger partial charge in [-0.05, 0) is 120 Å². The minimum atomic E-state index is -2.54. The fourth-order valence-corrected chi connectivity index (χ4v) is 11.0. The van der Waals surface area contributed by atoms with E-state index in [1.807, 2.05) is 61.0 Å².